The van der Waals surface area contributed by atoms with Gasteiger partial charge in [-0.3, -0.25) is 4.98 Å². The summed E-state index contributed by atoms with van der Waals surface area (Å²) < 4.78 is 5.80. The largest absolute Gasteiger partial charge is 0.496 e. The van der Waals surface area contributed by atoms with Crippen molar-refractivity contribution in [2.24, 2.45) is 0 Å². The lowest BCUT2D eigenvalue weighted by Crippen LogP contribution is -2.46. The van der Waals surface area contributed by atoms with Crippen LogP contribution in [0.3, 0.4) is 0 Å². The Labute approximate surface area is 205 Å². The van der Waals surface area contributed by atoms with Gasteiger partial charge in [0, 0.05) is 37.3 Å². The molecule has 1 fully saturated rings. The van der Waals surface area contributed by atoms with E-state index in [9.17, 15) is 5.26 Å². The minimum atomic E-state index is 0.201. The molecule has 7 nitrogen and oxygen atoms in total. The summed E-state index contributed by atoms with van der Waals surface area (Å²) in [5.41, 5.74) is 11.7. The quantitative estimate of drug-likeness (QED) is 0.463. The van der Waals surface area contributed by atoms with E-state index in [4.69, 9.17) is 15.5 Å². The number of nitrogen functional groups attached to an aromatic ring is 1. The van der Waals surface area contributed by atoms with Crippen LogP contribution in [0.1, 0.15) is 12.5 Å². The van der Waals surface area contributed by atoms with Crippen LogP contribution >= 0.6 is 0 Å². The van der Waals surface area contributed by atoms with E-state index in [0.29, 0.717) is 16.8 Å². The Bertz CT molecular complexity index is 1390. The smallest absolute Gasteiger partial charge is 0.142 e. The van der Waals surface area contributed by atoms with Crippen molar-refractivity contribution in [1.29, 1.82) is 5.26 Å². The van der Waals surface area contributed by atoms with Gasteiger partial charge in [0.05, 0.1) is 35.6 Å². The van der Waals surface area contributed by atoms with Gasteiger partial charge in [-0.25, -0.2) is 4.98 Å². The number of fused-ring (bicyclic) bond motifs is 1. The van der Waals surface area contributed by atoms with Gasteiger partial charge < -0.3 is 20.3 Å². The second kappa shape index (κ2) is 9.61. The molecule has 1 saturated heterocycles. The highest BCUT2D eigenvalue weighted by Gasteiger charge is 2.20. The van der Waals surface area contributed by atoms with Crippen molar-refractivity contribution in [1.82, 2.24) is 14.9 Å². The highest BCUT2D eigenvalue weighted by molar-refractivity contribution is 6.04. The zero-order chi connectivity index (χ0) is 24.4. The standard InChI is InChI=1S/C28H28N6O/c1-3-33-11-13-34(14-12-33)21-9-10-23(31-18-21)20-15-24-27(25(16-20)35-2)26(19-7-5-4-6-8-19)22(17-29)28(30)32-24/h4-10,15-16,18H,3,11-14H2,1-2H3,(H2,30,32). The van der Waals surface area contributed by atoms with Gasteiger partial charge in [-0.05, 0) is 36.4 Å². The zero-order valence-electron chi connectivity index (χ0n) is 20.0. The molecule has 0 radical (unpaired) electrons. The van der Waals surface area contributed by atoms with Crippen molar-refractivity contribution in [3.63, 3.8) is 0 Å². The SMILES string of the molecule is CCN1CCN(c2ccc(-c3cc(OC)c4c(-c5ccccc5)c(C#N)c(N)nc4c3)nc2)CC1. The van der Waals surface area contributed by atoms with Crippen molar-refractivity contribution < 1.29 is 4.74 Å². The molecule has 2 N–H and O–H groups in total. The fourth-order valence-corrected chi connectivity index (χ4v) is 4.76. The van der Waals surface area contributed by atoms with Crippen LogP contribution in [0.5, 0.6) is 5.75 Å². The number of likely N-dealkylation sites (N-methyl/N-ethyl adjacent to an activating group) is 1. The van der Waals surface area contributed by atoms with Gasteiger partial charge in [0.25, 0.3) is 0 Å². The molecule has 0 aliphatic carbocycles. The van der Waals surface area contributed by atoms with Crippen molar-refractivity contribution in [3.05, 3.63) is 66.4 Å². The number of hydrogen-bond donors (Lipinski definition) is 1. The summed E-state index contributed by atoms with van der Waals surface area (Å²) in [5.74, 6) is 0.828. The summed E-state index contributed by atoms with van der Waals surface area (Å²) in [6.45, 7) is 7.45. The number of methoxy groups -OCH3 is 1. The molecular weight excluding hydrogens is 436 g/mol. The molecule has 2 aromatic carbocycles. The Morgan fingerprint density at radius 2 is 1.80 bits per heavy atom. The number of aromatic nitrogens is 2. The summed E-state index contributed by atoms with van der Waals surface area (Å²) in [5, 5.41) is 10.6. The first kappa shape index (κ1) is 22.6. The molecule has 2 aromatic heterocycles. The molecular formula is C28H28N6O. The molecule has 0 amide bonds. The van der Waals surface area contributed by atoms with E-state index in [2.05, 4.69) is 33.8 Å². The van der Waals surface area contributed by atoms with Crippen LogP contribution in [0.4, 0.5) is 11.5 Å². The third-order valence-corrected chi connectivity index (χ3v) is 6.70. The van der Waals surface area contributed by atoms with E-state index in [1.165, 1.54) is 0 Å². The van der Waals surface area contributed by atoms with Crippen LogP contribution in [0.25, 0.3) is 33.3 Å². The highest BCUT2D eigenvalue weighted by atomic mass is 16.5. The Kier molecular flexibility index (Phi) is 6.21. The van der Waals surface area contributed by atoms with Crippen LogP contribution in [0.15, 0.2) is 60.8 Å². The van der Waals surface area contributed by atoms with Crippen molar-refractivity contribution in [2.45, 2.75) is 6.92 Å². The van der Waals surface area contributed by atoms with Crippen LogP contribution in [0.2, 0.25) is 0 Å². The number of nitrogens with two attached hydrogens (primary N) is 1. The second-order valence-electron chi connectivity index (χ2n) is 8.62. The molecule has 3 heterocycles. The van der Waals surface area contributed by atoms with Crippen LogP contribution in [-0.2, 0) is 0 Å². The fraction of sp³-hybridized carbons (Fsp3) is 0.250. The normalized spacial score (nSPS) is 14.1. The first-order chi connectivity index (χ1) is 17.1. The Balaban J connectivity index is 1.57. The van der Waals surface area contributed by atoms with E-state index >= 15 is 0 Å². The maximum absolute atomic E-state index is 9.85. The Morgan fingerprint density at radius 3 is 2.43 bits per heavy atom. The third kappa shape index (κ3) is 4.25. The average Bonchev–Trinajstić information content (AvgIpc) is 2.92. The molecule has 0 atom stereocenters. The van der Waals surface area contributed by atoms with Crippen molar-refractivity contribution in [3.8, 4) is 34.2 Å². The predicted octanol–water partition coefficient (Wildman–Crippen LogP) is 4.57. The first-order valence-electron chi connectivity index (χ1n) is 11.8. The van der Waals surface area contributed by atoms with Gasteiger partial charge >= 0.3 is 0 Å². The Morgan fingerprint density at radius 1 is 1.03 bits per heavy atom. The van der Waals surface area contributed by atoms with Gasteiger partial charge in [0.2, 0.25) is 0 Å². The summed E-state index contributed by atoms with van der Waals surface area (Å²) >= 11 is 0. The number of hydrogen-bond acceptors (Lipinski definition) is 7. The lowest BCUT2D eigenvalue weighted by atomic mass is 9.94. The van der Waals surface area contributed by atoms with E-state index in [0.717, 1.165) is 66.2 Å². The minimum Gasteiger partial charge on any atom is -0.496 e. The number of ether oxygens (including phenoxy) is 1. The number of pyridine rings is 2. The molecule has 7 heteroatoms. The summed E-state index contributed by atoms with van der Waals surface area (Å²) in [6, 6.07) is 20.0. The number of benzene rings is 2. The second-order valence-corrected chi connectivity index (χ2v) is 8.62. The lowest BCUT2D eigenvalue weighted by molar-refractivity contribution is 0.271. The number of nitrogens with zero attached hydrogens (tertiary/aromatic N) is 5. The molecule has 176 valence electrons. The zero-order valence-corrected chi connectivity index (χ0v) is 20.0. The maximum atomic E-state index is 9.85. The molecule has 0 spiro atoms. The molecule has 5 rings (SSSR count). The van der Waals surface area contributed by atoms with E-state index in [1.54, 1.807) is 7.11 Å². The molecule has 1 aliphatic heterocycles. The van der Waals surface area contributed by atoms with Gasteiger partial charge in [0.15, 0.2) is 0 Å². The van der Waals surface area contributed by atoms with Crippen LogP contribution < -0.4 is 15.4 Å². The highest BCUT2D eigenvalue weighted by Crippen LogP contribution is 2.41. The topological polar surface area (TPSA) is 91.3 Å². The molecule has 0 unspecified atom stereocenters. The third-order valence-electron chi connectivity index (χ3n) is 6.70. The average molecular weight is 465 g/mol. The van der Waals surface area contributed by atoms with Gasteiger partial charge in [-0.15, -0.1) is 0 Å². The van der Waals surface area contributed by atoms with Gasteiger partial charge in [-0.1, -0.05) is 37.3 Å². The van der Waals surface area contributed by atoms with Crippen molar-refractivity contribution >= 4 is 22.4 Å². The van der Waals surface area contributed by atoms with E-state index in [1.807, 2.05) is 54.7 Å². The van der Waals surface area contributed by atoms with Crippen LogP contribution in [-0.4, -0.2) is 54.7 Å². The molecule has 0 saturated carbocycles. The summed E-state index contributed by atoms with van der Waals surface area (Å²) in [4.78, 5) is 14.2. The van der Waals surface area contributed by atoms with Gasteiger partial charge in [0.1, 0.15) is 23.2 Å². The molecule has 35 heavy (non-hydrogen) atoms. The monoisotopic (exact) mass is 464 g/mol. The molecule has 0 bridgehead atoms. The van der Waals surface area contributed by atoms with Crippen LogP contribution in [0, 0.1) is 11.3 Å². The molecule has 4 aromatic rings. The maximum Gasteiger partial charge on any atom is 0.142 e. The predicted molar refractivity (Wildman–Crippen MR) is 140 cm³/mol. The number of anilines is 2. The van der Waals surface area contributed by atoms with Crippen molar-refractivity contribution in [2.75, 3.05) is 50.5 Å². The van der Waals surface area contributed by atoms with E-state index in [-0.39, 0.29) is 5.82 Å². The van der Waals surface area contributed by atoms with E-state index < -0.39 is 0 Å². The molecule has 1 aliphatic rings. The number of rotatable bonds is 5. The minimum absolute atomic E-state index is 0.201. The number of nitriles is 1. The lowest BCUT2D eigenvalue weighted by Gasteiger charge is -2.35. The van der Waals surface area contributed by atoms with Gasteiger partial charge in [-0.2, -0.15) is 5.26 Å². The Hall–Kier alpha value is -4.15. The summed E-state index contributed by atoms with van der Waals surface area (Å²) in [6.07, 6.45) is 1.93. The summed E-state index contributed by atoms with van der Waals surface area (Å²) in [7, 11) is 1.63. The fourth-order valence-electron chi connectivity index (χ4n) is 4.76. The number of piperazine rings is 1. The first-order valence-corrected chi connectivity index (χ1v) is 11.8.